The summed E-state index contributed by atoms with van der Waals surface area (Å²) < 4.78 is 5.70. The molecule has 1 unspecified atom stereocenters. The van der Waals surface area contributed by atoms with Gasteiger partial charge in [-0.25, -0.2) is 0 Å². The largest absolute Gasteiger partial charge is 0.374 e. The van der Waals surface area contributed by atoms with E-state index in [0.29, 0.717) is 6.54 Å². The first-order chi connectivity index (χ1) is 10.1. The molecule has 0 aromatic heterocycles. The lowest BCUT2D eigenvalue weighted by Gasteiger charge is -2.32. The van der Waals surface area contributed by atoms with Crippen LogP contribution >= 0.6 is 11.6 Å². The van der Waals surface area contributed by atoms with Crippen LogP contribution in [0.2, 0.25) is 5.02 Å². The van der Waals surface area contributed by atoms with Crippen LogP contribution in [0.3, 0.4) is 0 Å². The molecule has 0 radical (unpaired) electrons. The van der Waals surface area contributed by atoms with Gasteiger partial charge >= 0.3 is 0 Å². The Morgan fingerprint density at radius 1 is 1.57 bits per heavy atom. The van der Waals surface area contributed by atoms with Crippen LogP contribution in [0.5, 0.6) is 0 Å². The first kappa shape index (κ1) is 16.2. The maximum Gasteiger partial charge on any atom is 0.288 e. The summed E-state index contributed by atoms with van der Waals surface area (Å²) in [6, 6.07) is 4.87. The summed E-state index contributed by atoms with van der Waals surface area (Å²) in [6.07, 6.45) is 0.168. The lowest BCUT2D eigenvalue weighted by molar-refractivity contribution is -0.384. The number of nitro groups is 1. The van der Waals surface area contributed by atoms with Crippen molar-refractivity contribution in [3.63, 3.8) is 0 Å². The van der Waals surface area contributed by atoms with E-state index in [-0.39, 0.29) is 16.8 Å². The zero-order valence-electron chi connectivity index (χ0n) is 12.0. The first-order valence-corrected chi connectivity index (χ1v) is 7.45. The van der Waals surface area contributed by atoms with Gasteiger partial charge in [0.05, 0.1) is 17.6 Å². The Morgan fingerprint density at radius 3 is 3.10 bits per heavy atom. The van der Waals surface area contributed by atoms with Gasteiger partial charge in [0.1, 0.15) is 5.02 Å². The third-order valence-electron chi connectivity index (χ3n) is 3.58. The Morgan fingerprint density at radius 2 is 2.38 bits per heavy atom. The number of nitrogens with zero attached hydrogens (tertiary/aromatic N) is 2. The fraction of sp³-hybridized carbons (Fsp3) is 0.571. The van der Waals surface area contributed by atoms with Crippen molar-refractivity contribution in [2.24, 2.45) is 0 Å². The molecular formula is C14H20ClN3O3. The molecule has 0 spiro atoms. The van der Waals surface area contributed by atoms with E-state index in [9.17, 15) is 10.1 Å². The normalized spacial score (nSPS) is 19.6. The number of halogens is 1. The zero-order chi connectivity index (χ0) is 15.2. The minimum atomic E-state index is -0.463. The van der Waals surface area contributed by atoms with Crippen LogP contribution in [0, 0.1) is 10.1 Å². The predicted molar refractivity (Wildman–Crippen MR) is 81.7 cm³/mol. The highest BCUT2D eigenvalue weighted by Crippen LogP contribution is 2.24. The number of nitro benzene ring substituents is 1. The standard InChI is InChI=1S/C14H20ClN3O3/c1-2-17-5-6-21-12(10-17)9-16-8-11-3-4-13(15)14(7-11)18(19)20/h3-4,7,12,16H,2,5-6,8-10H2,1H3. The Kier molecular flexibility index (Phi) is 5.93. The van der Waals surface area contributed by atoms with Crippen LogP contribution < -0.4 is 5.32 Å². The van der Waals surface area contributed by atoms with E-state index >= 15 is 0 Å². The van der Waals surface area contributed by atoms with Gasteiger partial charge in [0.25, 0.3) is 5.69 Å². The minimum Gasteiger partial charge on any atom is -0.374 e. The van der Waals surface area contributed by atoms with E-state index in [0.717, 1.165) is 38.3 Å². The molecule has 2 rings (SSSR count). The van der Waals surface area contributed by atoms with E-state index < -0.39 is 4.92 Å². The van der Waals surface area contributed by atoms with Crippen molar-refractivity contribution < 1.29 is 9.66 Å². The molecule has 1 aliphatic heterocycles. The molecule has 1 aromatic carbocycles. The molecule has 1 saturated heterocycles. The molecule has 116 valence electrons. The van der Waals surface area contributed by atoms with Crippen molar-refractivity contribution in [1.82, 2.24) is 10.2 Å². The molecule has 21 heavy (non-hydrogen) atoms. The molecule has 1 aliphatic rings. The lowest BCUT2D eigenvalue weighted by atomic mass is 10.2. The molecule has 0 aliphatic carbocycles. The molecule has 1 aromatic rings. The molecule has 0 amide bonds. The Bertz CT molecular complexity index is 498. The van der Waals surface area contributed by atoms with Crippen molar-refractivity contribution in [2.75, 3.05) is 32.8 Å². The molecule has 1 fully saturated rings. The summed E-state index contributed by atoms with van der Waals surface area (Å²) in [6.45, 7) is 7.12. The van der Waals surface area contributed by atoms with E-state index in [2.05, 4.69) is 17.1 Å². The molecule has 0 bridgehead atoms. The monoisotopic (exact) mass is 313 g/mol. The van der Waals surface area contributed by atoms with E-state index in [1.54, 1.807) is 12.1 Å². The van der Waals surface area contributed by atoms with Gasteiger partial charge in [-0.15, -0.1) is 0 Å². The Labute approximate surface area is 129 Å². The molecular weight excluding hydrogens is 294 g/mol. The van der Waals surface area contributed by atoms with Crippen LogP contribution in [0.4, 0.5) is 5.69 Å². The predicted octanol–water partition coefficient (Wildman–Crippen LogP) is 2.06. The molecule has 6 nitrogen and oxygen atoms in total. The van der Waals surface area contributed by atoms with Crippen LogP contribution in [0.1, 0.15) is 12.5 Å². The van der Waals surface area contributed by atoms with Crippen LogP contribution in [0.25, 0.3) is 0 Å². The van der Waals surface area contributed by atoms with Gasteiger partial charge in [0, 0.05) is 32.2 Å². The summed E-state index contributed by atoms with van der Waals surface area (Å²) in [7, 11) is 0. The van der Waals surface area contributed by atoms with Gasteiger partial charge in [0.15, 0.2) is 0 Å². The van der Waals surface area contributed by atoms with Gasteiger partial charge in [-0.3, -0.25) is 15.0 Å². The molecule has 1 heterocycles. The summed E-state index contributed by atoms with van der Waals surface area (Å²) >= 11 is 5.79. The second kappa shape index (κ2) is 7.70. The van der Waals surface area contributed by atoms with Crippen LogP contribution in [0.15, 0.2) is 18.2 Å². The van der Waals surface area contributed by atoms with Crippen molar-refractivity contribution in [3.05, 3.63) is 38.9 Å². The Balaban J connectivity index is 1.83. The number of ether oxygens (including phenoxy) is 1. The summed E-state index contributed by atoms with van der Waals surface area (Å²) in [5.74, 6) is 0. The fourth-order valence-corrected chi connectivity index (χ4v) is 2.56. The number of likely N-dealkylation sites (N-methyl/N-ethyl adjacent to an activating group) is 1. The van der Waals surface area contributed by atoms with E-state index in [1.165, 1.54) is 6.07 Å². The van der Waals surface area contributed by atoms with Gasteiger partial charge < -0.3 is 10.1 Å². The Hall–Kier alpha value is -1.21. The van der Waals surface area contributed by atoms with Gasteiger partial charge in [-0.1, -0.05) is 24.6 Å². The van der Waals surface area contributed by atoms with Crippen LogP contribution in [-0.4, -0.2) is 48.7 Å². The van der Waals surface area contributed by atoms with Crippen molar-refractivity contribution >= 4 is 17.3 Å². The van der Waals surface area contributed by atoms with Gasteiger partial charge in [-0.2, -0.15) is 0 Å². The maximum absolute atomic E-state index is 10.8. The molecule has 1 atom stereocenters. The SMILES string of the molecule is CCN1CCOC(CNCc2ccc(Cl)c([N+](=O)[O-])c2)C1. The zero-order valence-corrected chi connectivity index (χ0v) is 12.8. The average Bonchev–Trinajstić information content (AvgIpc) is 2.49. The van der Waals surface area contributed by atoms with Gasteiger partial charge in [0.2, 0.25) is 0 Å². The van der Waals surface area contributed by atoms with Crippen LogP contribution in [-0.2, 0) is 11.3 Å². The third-order valence-corrected chi connectivity index (χ3v) is 3.90. The number of rotatable bonds is 6. The highest BCUT2D eigenvalue weighted by Gasteiger charge is 2.19. The summed E-state index contributed by atoms with van der Waals surface area (Å²) in [5, 5.41) is 14.3. The number of morpholine rings is 1. The second-order valence-electron chi connectivity index (χ2n) is 5.06. The lowest BCUT2D eigenvalue weighted by Crippen LogP contribution is -2.46. The number of benzene rings is 1. The molecule has 0 saturated carbocycles. The summed E-state index contributed by atoms with van der Waals surface area (Å²) in [4.78, 5) is 12.7. The first-order valence-electron chi connectivity index (χ1n) is 7.07. The number of nitrogens with one attached hydrogen (secondary N) is 1. The van der Waals surface area contributed by atoms with E-state index in [4.69, 9.17) is 16.3 Å². The van der Waals surface area contributed by atoms with E-state index in [1.807, 2.05) is 0 Å². The maximum atomic E-state index is 10.8. The molecule has 7 heteroatoms. The third kappa shape index (κ3) is 4.64. The van der Waals surface area contributed by atoms with Crippen molar-refractivity contribution in [3.8, 4) is 0 Å². The number of hydrogen-bond acceptors (Lipinski definition) is 5. The summed E-state index contributed by atoms with van der Waals surface area (Å²) in [5.41, 5.74) is 0.788. The molecule has 1 N–H and O–H groups in total. The fourth-order valence-electron chi connectivity index (χ4n) is 2.38. The number of hydrogen-bond donors (Lipinski definition) is 1. The van der Waals surface area contributed by atoms with Crippen molar-refractivity contribution in [2.45, 2.75) is 19.6 Å². The average molecular weight is 314 g/mol. The minimum absolute atomic E-state index is 0.0537. The highest BCUT2D eigenvalue weighted by atomic mass is 35.5. The quantitative estimate of drug-likeness (QED) is 0.643. The van der Waals surface area contributed by atoms with Crippen molar-refractivity contribution in [1.29, 1.82) is 0 Å². The second-order valence-corrected chi connectivity index (χ2v) is 5.47. The highest BCUT2D eigenvalue weighted by molar-refractivity contribution is 6.32. The van der Waals surface area contributed by atoms with Gasteiger partial charge in [-0.05, 0) is 18.2 Å². The smallest absolute Gasteiger partial charge is 0.288 e. The topological polar surface area (TPSA) is 67.6 Å².